The molecule has 2 heterocycles. The van der Waals surface area contributed by atoms with Gasteiger partial charge in [-0.25, -0.2) is 4.79 Å². The van der Waals surface area contributed by atoms with E-state index in [0.717, 1.165) is 26.1 Å². The second-order valence-electron chi connectivity index (χ2n) is 4.06. The van der Waals surface area contributed by atoms with Crippen LogP contribution in [0.25, 0.3) is 0 Å². The minimum absolute atomic E-state index is 0.136. The molecule has 2 saturated heterocycles. The van der Waals surface area contributed by atoms with E-state index < -0.39 is 0 Å². The molecule has 0 aromatic carbocycles. The molecule has 1 amide bonds. The fraction of sp³-hybridized carbons (Fsp3) is 0.900. The second-order valence-corrected chi connectivity index (χ2v) is 4.06. The highest BCUT2D eigenvalue weighted by Gasteiger charge is 2.23. The zero-order valence-corrected chi connectivity index (χ0v) is 8.50. The van der Waals surface area contributed by atoms with Crippen molar-refractivity contribution < 1.29 is 9.53 Å². The van der Waals surface area contributed by atoms with Gasteiger partial charge in [-0.2, -0.15) is 0 Å². The molecule has 2 fully saturated rings. The van der Waals surface area contributed by atoms with Crippen LogP contribution in [0, 0.1) is 0 Å². The number of rotatable bonds is 2. The third-order valence-electron chi connectivity index (χ3n) is 2.91. The number of hydrogen-bond donors (Lipinski definition) is 1. The number of cyclic esters (lactones) is 1. The Balaban J connectivity index is 1.79. The Morgan fingerprint density at radius 2 is 2.36 bits per heavy atom. The Morgan fingerprint density at radius 1 is 1.43 bits per heavy atom. The van der Waals surface area contributed by atoms with Gasteiger partial charge >= 0.3 is 6.09 Å². The first-order valence-electron chi connectivity index (χ1n) is 5.51. The number of ether oxygens (including phenoxy) is 1. The van der Waals surface area contributed by atoms with Gasteiger partial charge in [-0.3, -0.25) is 0 Å². The average molecular weight is 198 g/mol. The molecule has 0 aliphatic carbocycles. The second kappa shape index (κ2) is 4.64. The number of hydrogen-bond acceptors (Lipinski definition) is 3. The van der Waals surface area contributed by atoms with Crippen molar-refractivity contribution in [2.24, 2.45) is 0 Å². The van der Waals surface area contributed by atoms with Crippen molar-refractivity contribution in [2.75, 3.05) is 26.2 Å². The topological polar surface area (TPSA) is 41.6 Å². The maximum atomic E-state index is 11.3. The lowest BCUT2D eigenvalue weighted by molar-refractivity contribution is 0.0675. The van der Waals surface area contributed by atoms with Crippen molar-refractivity contribution in [2.45, 2.75) is 31.7 Å². The molecule has 2 aliphatic rings. The van der Waals surface area contributed by atoms with Gasteiger partial charge in [0, 0.05) is 19.1 Å². The molecule has 80 valence electrons. The van der Waals surface area contributed by atoms with E-state index in [0.29, 0.717) is 12.6 Å². The van der Waals surface area contributed by atoms with E-state index in [2.05, 4.69) is 5.32 Å². The average Bonchev–Trinajstić information content (AvgIpc) is 2.23. The Morgan fingerprint density at radius 3 is 3.07 bits per heavy atom. The van der Waals surface area contributed by atoms with E-state index in [1.807, 2.05) is 4.90 Å². The highest BCUT2D eigenvalue weighted by Crippen LogP contribution is 2.11. The van der Waals surface area contributed by atoms with Crippen LogP contribution in [0.2, 0.25) is 0 Å². The summed E-state index contributed by atoms with van der Waals surface area (Å²) in [5, 5.41) is 3.44. The van der Waals surface area contributed by atoms with E-state index in [4.69, 9.17) is 4.74 Å². The van der Waals surface area contributed by atoms with Crippen LogP contribution in [0.15, 0.2) is 0 Å². The van der Waals surface area contributed by atoms with E-state index >= 15 is 0 Å². The van der Waals surface area contributed by atoms with Gasteiger partial charge in [-0.15, -0.1) is 0 Å². The van der Waals surface area contributed by atoms with Gasteiger partial charge in [0.05, 0.1) is 6.61 Å². The third kappa shape index (κ3) is 2.38. The van der Waals surface area contributed by atoms with Crippen molar-refractivity contribution in [1.29, 1.82) is 0 Å². The minimum atomic E-state index is -0.136. The summed E-state index contributed by atoms with van der Waals surface area (Å²) in [7, 11) is 0. The molecule has 2 aliphatic heterocycles. The van der Waals surface area contributed by atoms with Crippen molar-refractivity contribution in [3.05, 3.63) is 0 Å². The monoisotopic (exact) mass is 198 g/mol. The minimum Gasteiger partial charge on any atom is -0.449 e. The first kappa shape index (κ1) is 9.77. The number of nitrogens with one attached hydrogen (secondary N) is 1. The van der Waals surface area contributed by atoms with Crippen LogP contribution in [0.5, 0.6) is 0 Å². The zero-order chi connectivity index (χ0) is 9.80. The Hall–Kier alpha value is -0.770. The van der Waals surface area contributed by atoms with Crippen LogP contribution in [-0.4, -0.2) is 43.3 Å². The maximum absolute atomic E-state index is 11.3. The zero-order valence-electron chi connectivity index (χ0n) is 8.50. The highest BCUT2D eigenvalue weighted by atomic mass is 16.6. The molecule has 1 unspecified atom stereocenters. The first-order valence-corrected chi connectivity index (χ1v) is 5.51. The summed E-state index contributed by atoms with van der Waals surface area (Å²) in [4.78, 5) is 13.2. The Labute approximate surface area is 84.6 Å². The number of nitrogens with zero attached hydrogens (tertiary/aromatic N) is 1. The molecule has 0 aromatic heterocycles. The van der Waals surface area contributed by atoms with Gasteiger partial charge in [0.1, 0.15) is 0 Å². The summed E-state index contributed by atoms with van der Waals surface area (Å²) < 4.78 is 4.99. The lowest BCUT2D eigenvalue weighted by atomic mass is 10.0. The molecule has 2 rings (SSSR count). The van der Waals surface area contributed by atoms with Crippen molar-refractivity contribution in [1.82, 2.24) is 10.2 Å². The molecule has 0 spiro atoms. The molecule has 14 heavy (non-hydrogen) atoms. The molecule has 1 atom stereocenters. The standard InChI is InChI=1S/C10H18N2O2/c13-10-12(6-3-7-14-10)8-9-4-1-2-5-11-9/h9,11H,1-8H2. The molecule has 0 saturated carbocycles. The predicted octanol–water partition coefficient (Wildman–Crippen LogP) is 0.971. The summed E-state index contributed by atoms with van der Waals surface area (Å²) in [5.74, 6) is 0. The number of carbonyl (C=O) groups is 1. The normalized spacial score (nSPS) is 28.7. The van der Waals surface area contributed by atoms with E-state index in [1.165, 1.54) is 19.3 Å². The van der Waals surface area contributed by atoms with Gasteiger partial charge in [-0.05, 0) is 25.8 Å². The van der Waals surface area contributed by atoms with Crippen LogP contribution < -0.4 is 5.32 Å². The van der Waals surface area contributed by atoms with Crippen molar-refractivity contribution in [3.8, 4) is 0 Å². The van der Waals surface area contributed by atoms with Crippen LogP contribution in [0.1, 0.15) is 25.7 Å². The molecule has 0 aromatic rings. The SMILES string of the molecule is O=C1OCCCN1CC1CCCCN1. The van der Waals surface area contributed by atoms with Gasteiger partial charge in [0.25, 0.3) is 0 Å². The first-order chi connectivity index (χ1) is 6.86. The summed E-state index contributed by atoms with van der Waals surface area (Å²) in [6.07, 6.45) is 4.56. The number of carbonyl (C=O) groups excluding carboxylic acids is 1. The van der Waals surface area contributed by atoms with Crippen molar-refractivity contribution in [3.63, 3.8) is 0 Å². The smallest absolute Gasteiger partial charge is 0.409 e. The fourth-order valence-corrected chi connectivity index (χ4v) is 2.11. The van der Waals surface area contributed by atoms with Crippen LogP contribution in [-0.2, 0) is 4.74 Å². The molecule has 0 bridgehead atoms. The molecular formula is C10H18N2O2. The van der Waals surface area contributed by atoms with E-state index in [-0.39, 0.29) is 6.09 Å². The molecule has 1 N–H and O–H groups in total. The summed E-state index contributed by atoms with van der Waals surface area (Å²) in [6, 6.07) is 0.481. The van der Waals surface area contributed by atoms with E-state index in [9.17, 15) is 4.79 Å². The number of amides is 1. The fourth-order valence-electron chi connectivity index (χ4n) is 2.11. The molecule has 4 heteroatoms. The van der Waals surface area contributed by atoms with Gasteiger partial charge < -0.3 is 15.0 Å². The van der Waals surface area contributed by atoms with Crippen LogP contribution in [0.4, 0.5) is 4.79 Å². The third-order valence-corrected chi connectivity index (χ3v) is 2.91. The number of piperidine rings is 1. The summed E-state index contributed by atoms with van der Waals surface area (Å²) in [5.41, 5.74) is 0. The molecular weight excluding hydrogens is 180 g/mol. The predicted molar refractivity (Wildman–Crippen MR) is 53.2 cm³/mol. The lowest BCUT2D eigenvalue weighted by Gasteiger charge is -2.32. The molecule has 0 radical (unpaired) electrons. The largest absolute Gasteiger partial charge is 0.449 e. The highest BCUT2D eigenvalue weighted by molar-refractivity contribution is 5.68. The van der Waals surface area contributed by atoms with Crippen LogP contribution >= 0.6 is 0 Å². The van der Waals surface area contributed by atoms with Crippen molar-refractivity contribution >= 4 is 6.09 Å². The van der Waals surface area contributed by atoms with Crippen LogP contribution in [0.3, 0.4) is 0 Å². The van der Waals surface area contributed by atoms with E-state index in [1.54, 1.807) is 0 Å². The van der Waals surface area contributed by atoms with Gasteiger partial charge in [0.2, 0.25) is 0 Å². The summed E-state index contributed by atoms with van der Waals surface area (Å²) in [6.45, 7) is 3.36. The quantitative estimate of drug-likeness (QED) is 0.719. The van der Waals surface area contributed by atoms with Gasteiger partial charge in [0.15, 0.2) is 0 Å². The maximum Gasteiger partial charge on any atom is 0.409 e. The lowest BCUT2D eigenvalue weighted by Crippen LogP contribution is -2.48. The Bertz CT molecular complexity index is 202. The van der Waals surface area contributed by atoms with Gasteiger partial charge in [-0.1, -0.05) is 6.42 Å². The summed E-state index contributed by atoms with van der Waals surface area (Å²) >= 11 is 0. The Kier molecular flexibility index (Phi) is 3.24. The molecule has 4 nitrogen and oxygen atoms in total.